The van der Waals surface area contributed by atoms with Crippen LogP contribution in [0, 0.1) is 0 Å². The molecule has 0 saturated carbocycles. The lowest BCUT2D eigenvalue weighted by Gasteiger charge is -2.11. The first-order valence-electron chi connectivity index (χ1n) is 13.4. The third-order valence-electron chi connectivity index (χ3n) is 6.79. The number of amides is 1. The van der Waals surface area contributed by atoms with Crippen molar-refractivity contribution in [3.8, 4) is 11.3 Å². The summed E-state index contributed by atoms with van der Waals surface area (Å²) in [5.74, 6) is -0.00124. The summed E-state index contributed by atoms with van der Waals surface area (Å²) in [7, 11) is 2.04. The molecule has 0 unspecified atom stereocenters. The van der Waals surface area contributed by atoms with Gasteiger partial charge in [0.15, 0.2) is 0 Å². The summed E-state index contributed by atoms with van der Waals surface area (Å²) in [6.07, 6.45) is 3.64. The standard InChI is InChI=1S/C30H39N7O/c1-37-28-20-23(33)8-12-26(28)25-11-7-22(32)19-27(25)30(37)21-5-9-24(10-6-21)36-29(38)13-18-35-16-3-2-15-34-17-4-14-31/h5-12,19-20,34-35H,2-4,13-18,31-32H2,1H3,(H2,33,36,38)/p+1. The van der Waals surface area contributed by atoms with Crippen molar-refractivity contribution >= 4 is 44.6 Å². The van der Waals surface area contributed by atoms with Gasteiger partial charge < -0.3 is 33.2 Å². The second kappa shape index (κ2) is 13.2. The van der Waals surface area contributed by atoms with Gasteiger partial charge in [-0.1, -0.05) is 6.07 Å². The second-order valence-electron chi connectivity index (χ2n) is 9.71. The number of carbonyl (C=O) groups is 1. The summed E-state index contributed by atoms with van der Waals surface area (Å²) >= 11 is 0. The molecule has 3 aromatic carbocycles. The van der Waals surface area contributed by atoms with E-state index in [4.69, 9.17) is 17.2 Å². The van der Waals surface area contributed by atoms with Crippen molar-refractivity contribution in [2.75, 3.05) is 49.5 Å². The third-order valence-corrected chi connectivity index (χ3v) is 6.79. The summed E-state index contributed by atoms with van der Waals surface area (Å²) in [5, 5.41) is 13.0. The minimum atomic E-state index is -0.00124. The lowest BCUT2D eigenvalue weighted by molar-refractivity contribution is -0.632. The molecule has 0 bridgehead atoms. The third kappa shape index (κ3) is 6.77. The van der Waals surface area contributed by atoms with E-state index in [1.54, 1.807) is 0 Å². The molecule has 4 aromatic rings. The Morgan fingerprint density at radius 1 is 0.763 bits per heavy atom. The number of anilines is 3. The van der Waals surface area contributed by atoms with Crippen LogP contribution in [0.1, 0.15) is 25.7 Å². The highest BCUT2D eigenvalue weighted by Crippen LogP contribution is 2.33. The molecule has 0 aliphatic heterocycles. The van der Waals surface area contributed by atoms with E-state index in [0.29, 0.717) is 18.7 Å². The number of nitrogens with one attached hydrogen (secondary N) is 3. The van der Waals surface area contributed by atoms with E-state index in [2.05, 4.69) is 32.7 Å². The number of carbonyl (C=O) groups excluding carboxylic acids is 1. The maximum atomic E-state index is 12.4. The van der Waals surface area contributed by atoms with Crippen molar-refractivity contribution in [1.82, 2.24) is 10.6 Å². The SMILES string of the molecule is C[n+]1c(-c2ccc(NC(=O)CCNCCCCNCCCN)cc2)c2cc(N)ccc2c2ccc(N)cc21. The molecular weight excluding hydrogens is 474 g/mol. The molecule has 38 heavy (non-hydrogen) atoms. The quantitative estimate of drug-likeness (QED) is 0.0702. The number of rotatable bonds is 13. The van der Waals surface area contributed by atoms with Gasteiger partial charge >= 0.3 is 0 Å². The van der Waals surface area contributed by atoms with Crippen LogP contribution in [0.5, 0.6) is 0 Å². The first-order chi connectivity index (χ1) is 18.5. The van der Waals surface area contributed by atoms with Crippen molar-refractivity contribution in [2.45, 2.75) is 25.7 Å². The predicted molar refractivity (Wildman–Crippen MR) is 159 cm³/mol. The van der Waals surface area contributed by atoms with Crippen LogP contribution in [-0.4, -0.2) is 38.6 Å². The lowest BCUT2D eigenvalue weighted by atomic mass is 9.98. The average Bonchev–Trinajstić information content (AvgIpc) is 2.91. The van der Waals surface area contributed by atoms with Gasteiger partial charge in [0.25, 0.3) is 0 Å². The van der Waals surface area contributed by atoms with Gasteiger partial charge in [0, 0.05) is 47.0 Å². The minimum Gasteiger partial charge on any atom is -0.399 e. The molecule has 8 nitrogen and oxygen atoms in total. The van der Waals surface area contributed by atoms with E-state index >= 15 is 0 Å². The van der Waals surface area contributed by atoms with Gasteiger partial charge in [0.1, 0.15) is 7.05 Å². The zero-order valence-corrected chi connectivity index (χ0v) is 22.2. The van der Waals surface area contributed by atoms with Gasteiger partial charge in [0.05, 0.1) is 10.8 Å². The Bertz CT molecular complexity index is 1390. The summed E-state index contributed by atoms with van der Waals surface area (Å²) in [6.45, 7) is 4.28. The van der Waals surface area contributed by atoms with E-state index in [1.165, 1.54) is 0 Å². The van der Waals surface area contributed by atoms with Crippen LogP contribution in [0.3, 0.4) is 0 Å². The van der Waals surface area contributed by atoms with Gasteiger partial charge in [-0.3, -0.25) is 4.79 Å². The second-order valence-corrected chi connectivity index (χ2v) is 9.71. The number of hydrogen-bond donors (Lipinski definition) is 6. The van der Waals surface area contributed by atoms with Crippen molar-refractivity contribution in [3.63, 3.8) is 0 Å². The van der Waals surface area contributed by atoms with Crippen LogP contribution < -0.4 is 37.7 Å². The van der Waals surface area contributed by atoms with Crippen molar-refractivity contribution in [1.29, 1.82) is 0 Å². The molecule has 9 N–H and O–H groups in total. The number of nitrogens with zero attached hydrogens (tertiary/aromatic N) is 1. The number of unbranched alkanes of at least 4 members (excludes halogenated alkanes) is 1. The number of hydrogen-bond acceptors (Lipinski definition) is 6. The Morgan fingerprint density at radius 3 is 2.11 bits per heavy atom. The number of aryl methyl sites for hydroxylation is 1. The monoisotopic (exact) mass is 514 g/mol. The molecule has 0 saturated heterocycles. The summed E-state index contributed by atoms with van der Waals surface area (Å²) in [4.78, 5) is 12.4. The van der Waals surface area contributed by atoms with E-state index in [0.717, 1.165) is 89.7 Å². The largest absolute Gasteiger partial charge is 0.399 e. The fourth-order valence-electron chi connectivity index (χ4n) is 4.81. The van der Waals surface area contributed by atoms with Gasteiger partial charge in [-0.25, -0.2) is 0 Å². The van der Waals surface area contributed by atoms with Crippen molar-refractivity contribution in [3.05, 3.63) is 60.7 Å². The maximum Gasteiger partial charge on any atom is 0.225 e. The first kappa shape index (κ1) is 27.3. The van der Waals surface area contributed by atoms with E-state index in [9.17, 15) is 4.79 Å². The Balaban J connectivity index is 1.38. The highest BCUT2D eigenvalue weighted by atomic mass is 16.1. The fourth-order valence-corrected chi connectivity index (χ4v) is 4.81. The van der Waals surface area contributed by atoms with E-state index in [-0.39, 0.29) is 5.91 Å². The normalized spacial score (nSPS) is 11.3. The summed E-state index contributed by atoms with van der Waals surface area (Å²) in [5.41, 5.74) is 23.1. The zero-order chi connectivity index (χ0) is 26.9. The van der Waals surface area contributed by atoms with Crippen LogP contribution in [0.2, 0.25) is 0 Å². The summed E-state index contributed by atoms with van der Waals surface area (Å²) in [6, 6.07) is 19.9. The number of nitrogen functional groups attached to an aromatic ring is 2. The number of aromatic nitrogens is 1. The molecule has 8 heteroatoms. The topological polar surface area (TPSA) is 135 Å². The molecule has 0 radical (unpaired) electrons. The number of fused-ring (bicyclic) bond motifs is 3. The molecule has 4 rings (SSSR count). The average molecular weight is 515 g/mol. The number of benzene rings is 3. The van der Waals surface area contributed by atoms with Gasteiger partial charge in [-0.15, -0.1) is 0 Å². The van der Waals surface area contributed by atoms with Crippen molar-refractivity contribution in [2.24, 2.45) is 12.8 Å². The minimum absolute atomic E-state index is 0.00124. The molecule has 1 aromatic heterocycles. The van der Waals surface area contributed by atoms with Gasteiger partial charge in [0.2, 0.25) is 17.1 Å². The molecule has 0 fully saturated rings. The van der Waals surface area contributed by atoms with Crippen LogP contribution in [0.4, 0.5) is 17.1 Å². The van der Waals surface area contributed by atoms with Crippen LogP contribution >= 0.6 is 0 Å². The molecule has 0 spiro atoms. The Hall–Kier alpha value is -3.72. The number of pyridine rings is 1. The molecule has 0 aliphatic rings. The summed E-state index contributed by atoms with van der Waals surface area (Å²) < 4.78 is 2.16. The van der Waals surface area contributed by atoms with E-state index in [1.807, 2.05) is 55.6 Å². The lowest BCUT2D eigenvalue weighted by Crippen LogP contribution is -2.32. The van der Waals surface area contributed by atoms with Crippen LogP contribution in [0.25, 0.3) is 32.9 Å². The predicted octanol–water partition coefficient (Wildman–Crippen LogP) is 3.29. The first-order valence-corrected chi connectivity index (χ1v) is 13.4. The molecular formula is C30H40N7O+. The van der Waals surface area contributed by atoms with Gasteiger partial charge in [-0.05, 0) is 94.0 Å². The maximum absolute atomic E-state index is 12.4. The zero-order valence-electron chi connectivity index (χ0n) is 22.2. The molecule has 200 valence electrons. The van der Waals surface area contributed by atoms with Crippen LogP contribution in [-0.2, 0) is 11.8 Å². The fraction of sp³-hybridized carbons (Fsp3) is 0.333. The smallest absolute Gasteiger partial charge is 0.225 e. The highest BCUT2D eigenvalue weighted by molar-refractivity contribution is 6.10. The molecule has 1 amide bonds. The Kier molecular flexibility index (Phi) is 9.48. The van der Waals surface area contributed by atoms with Crippen LogP contribution in [0.15, 0.2) is 60.7 Å². The molecule has 0 aliphatic carbocycles. The van der Waals surface area contributed by atoms with E-state index < -0.39 is 0 Å². The Labute approximate surface area is 224 Å². The molecule has 0 atom stereocenters. The highest BCUT2D eigenvalue weighted by Gasteiger charge is 2.21. The van der Waals surface area contributed by atoms with Gasteiger partial charge in [-0.2, -0.15) is 4.57 Å². The Morgan fingerprint density at radius 2 is 1.39 bits per heavy atom. The van der Waals surface area contributed by atoms with Crippen molar-refractivity contribution < 1.29 is 9.36 Å². The number of nitrogens with two attached hydrogens (primary N) is 3. The molecule has 1 heterocycles.